The molecule has 4 rings (SSSR count). The molecule has 0 bridgehead atoms. The largest absolute Gasteiger partial charge is 0.497 e. The first-order chi connectivity index (χ1) is 12.2. The van der Waals surface area contributed by atoms with Gasteiger partial charge in [0.25, 0.3) is 0 Å². The molecule has 25 heavy (non-hydrogen) atoms. The summed E-state index contributed by atoms with van der Waals surface area (Å²) in [6.45, 7) is 5.27. The maximum absolute atomic E-state index is 5.69. The van der Waals surface area contributed by atoms with Crippen molar-refractivity contribution < 1.29 is 9.47 Å². The average Bonchev–Trinajstić information content (AvgIpc) is 3.08. The summed E-state index contributed by atoms with van der Waals surface area (Å²) in [7, 11) is 1.70. The van der Waals surface area contributed by atoms with Crippen LogP contribution in [0.15, 0.2) is 42.6 Å². The van der Waals surface area contributed by atoms with Crippen LogP contribution in [0.4, 0.5) is 0 Å². The Kier molecular flexibility index (Phi) is 4.42. The maximum Gasteiger partial charge on any atom is 0.126 e. The predicted octanol–water partition coefficient (Wildman–Crippen LogP) is 3.45. The van der Waals surface area contributed by atoms with Gasteiger partial charge < -0.3 is 14.5 Å². The maximum atomic E-state index is 5.69. The number of aromatic amines is 1. The lowest BCUT2D eigenvalue weighted by molar-refractivity contribution is -0.0156. The van der Waals surface area contributed by atoms with Gasteiger partial charge in [0.1, 0.15) is 11.6 Å². The van der Waals surface area contributed by atoms with Gasteiger partial charge in [-0.15, -0.1) is 0 Å². The number of nitrogens with one attached hydrogen (secondary N) is 1. The van der Waals surface area contributed by atoms with Crippen LogP contribution in [-0.4, -0.2) is 41.7 Å². The van der Waals surface area contributed by atoms with Gasteiger partial charge in [0.15, 0.2) is 0 Å². The first kappa shape index (κ1) is 16.1. The number of ether oxygens (including phenoxy) is 2. The second-order valence-electron chi connectivity index (χ2n) is 6.56. The summed E-state index contributed by atoms with van der Waals surface area (Å²) >= 11 is 0. The summed E-state index contributed by atoms with van der Waals surface area (Å²) in [6, 6.07) is 13.0. The lowest BCUT2D eigenvalue weighted by atomic mass is 10.1. The molecular formula is C20H23N3O2. The van der Waals surface area contributed by atoms with Crippen molar-refractivity contribution in [2.75, 3.05) is 26.9 Å². The van der Waals surface area contributed by atoms with E-state index in [0.717, 1.165) is 37.0 Å². The third-order valence-electron chi connectivity index (χ3n) is 4.77. The molecule has 5 nitrogen and oxygen atoms in total. The number of rotatable bonds is 4. The van der Waals surface area contributed by atoms with Gasteiger partial charge in [0, 0.05) is 25.0 Å². The molecule has 1 N–H and O–H groups in total. The number of imidazole rings is 1. The Bertz CT molecular complexity index is 874. The molecule has 0 radical (unpaired) electrons. The van der Waals surface area contributed by atoms with Crippen molar-refractivity contribution in [2.45, 2.75) is 19.5 Å². The highest BCUT2D eigenvalue weighted by Crippen LogP contribution is 2.26. The number of nitrogens with zero attached hydrogens (tertiary/aromatic N) is 2. The molecule has 1 unspecified atom stereocenters. The monoisotopic (exact) mass is 337 g/mol. The highest BCUT2D eigenvalue weighted by atomic mass is 16.5. The van der Waals surface area contributed by atoms with Gasteiger partial charge in [0.2, 0.25) is 0 Å². The number of aromatic nitrogens is 2. The number of fused-ring (bicyclic) bond motifs is 1. The third-order valence-corrected chi connectivity index (χ3v) is 4.77. The van der Waals surface area contributed by atoms with Gasteiger partial charge in [-0.3, -0.25) is 4.90 Å². The predicted molar refractivity (Wildman–Crippen MR) is 97.8 cm³/mol. The van der Waals surface area contributed by atoms with Crippen molar-refractivity contribution in [3.05, 3.63) is 59.7 Å². The van der Waals surface area contributed by atoms with Crippen molar-refractivity contribution in [1.29, 1.82) is 0 Å². The third kappa shape index (κ3) is 3.38. The molecular weight excluding hydrogens is 314 g/mol. The summed E-state index contributed by atoms with van der Waals surface area (Å²) in [4.78, 5) is 10.3. The summed E-state index contributed by atoms with van der Waals surface area (Å²) in [6.07, 6.45) is 1.88. The molecule has 3 aromatic rings. The molecule has 0 aliphatic carbocycles. The Morgan fingerprint density at radius 1 is 1.24 bits per heavy atom. The van der Waals surface area contributed by atoms with E-state index in [2.05, 4.69) is 45.2 Å². The van der Waals surface area contributed by atoms with Gasteiger partial charge >= 0.3 is 0 Å². The van der Waals surface area contributed by atoms with Crippen molar-refractivity contribution in [2.24, 2.45) is 0 Å². The standard InChI is InChI=1S/C20H23N3O2/c1-14-11-21-20(22-14)19-13-25-8-7-23(19)12-15-3-4-17-10-18(24-2)6-5-16(17)9-15/h3-6,9-11,19H,7-8,12-13H2,1-2H3,(H,21,22). The van der Waals surface area contributed by atoms with Crippen LogP contribution in [-0.2, 0) is 11.3 Å². The topological polar surface area (TPSA) is 50.4 Å². The SMILES string of the molecule is COc1ccc2cc(CN3CCOCC3c3ncc(C)[nH]3)ccc2c1. The number of morpholine rings is 1. The first-order valence-corrected chi connectivity index (χ1v) is 8.63. The lowest BCUT2D eigenvalue weighted by Gasteiger charge is -2.34. The van der Waals surface area contributed by atoms with E-state index in [-0.39, 0.29) is 6.04 Å². The van der Waals surface area contributed by atoms with Crippen molar-refractivity contribution in [3.63, 3.8) is 0 Å². The average molecular weight is 337 g/mol. The fourth-order valence-corrected chi connectivity index (χ4v) is 3.41. The summed E-state index contributed by atoms with van der Waals surface area (Å²) < 4.78 is 11.0. The van der Waals surface area contributed by atoms with Gasteiger partial charge in [-0.2, -0.15) is 0 Å². The number of H-pyrrole nitrogens is 1. The van der Waals surface area contributed by atoms with Crippen molar-refractivity contribution >= 4 is 10.8 Å². The highest BCUT2D eigenvalue weighted by Gasteiger charge is 2.26. The quantitative estimate of drug-likeness (QED) is 0.792. The van der Waals surface area contributed by atoms with Crippen LogP contribution in [0, 0.1) is 6.92 Å². The minimum Gasteiger partial charge on any atom is -0.497 e. The normalized spacial score (nSPS) is 18.6. The molecule has 2 aromatic carbocycles. The summed E-state index contributed by atoms with van der Waals surface area (Å²) in [5.41, 5.74) is 2.38. The number of hydrogen-bond acceptors (Lipinski definition) is 4. The van der Waals surface area contributed by atoms with E-state index >= 15 is 0 Å². The molecule has 5 heteroatoms. The first-order valence-electron chi connectivity index (χ1n) is 8.63. The number of aryl methyl sites for hydroxylation is 1. The van der Waals surface area contributed by atoms with Crippen LogP contribution in [0.1, 0.15) is 23.1 Å². The molecule has 0 spiro atoms. The molecule has 0 amide bonds. The van der Waals surface area contributed by atoms with Gasteiger partial charge in [-0.1, -0.05) is 18.2 Å². The molecule has 1 aliphatic heterocycles. The number of methoxy groups -OCH3 is 1. The zero-order valence-corrected chi connectivity index (χ0v) is 14.7. The Hall–Kier alpha value is -2.37. The smallest absolute Gasteiger partial charge is 0.126 e. The summed E-state index contributed by atoms with van der Waals surface area (Å²) in [5, 5.41) is 2.43. The van der Waals surface area contributed by atoms with Crippen LogP contribution >= 0.6 is 0 Å². The highest BCUT2D eigenvalue weighted by molar-refractivity contribution is 5.84. The molecule has 1 aromatic heterocycles. The minimum atomic E-state index is 0.175. The fourth-order valence-electron chi connectivity index (χ4n) is 3.41. The zero-order chi connectivity index (χ0) is 17.2. The number of benzene rings is 2. The van der Waals surface area contributed by atoms with Crippen LogP contribution in [0.25, 0.3) is 10.8 Å². The molecule has 1 fully saturated rings. The second kappa shape index (κ2) is 6.86. The van der Waals surface area contributed by atoms with Crippen molar-refractivity contribution in [3.8, 4) is 5.75 Å². The molecule has 0 saturated carbocycles. The Morgan fingerprint density at radius 3 is 2.88 bits per heavy atom. The van der Waals surface area contributed by atoms with Crippen LogP contribution < -0.4 is 4.74 Å². The molecule has 1 aliphatic rings. The van der Waals surface area contributed by atoms with Gasteiger partial charge in [-0.05, 0) is 41.5 Å². The van der Waals surface area contributed by atoms with E-state index in [0.29, 0.717) is 6.61 Å². The van der Waals surface area contributed by atoms with Crippen LogP contribution in [0.3, 0.4) is 0 Å². The zero-order valence-electron chi connectivity index (χ0n) is 14.7. The minimum absolute atomic E-state index is 0.175. The van der Waals surface area contributed by atoms with Crippen molar-refractivity contribution in [1.82, 2.24) is 14.9 Å². The fraction of sp³-hybridized carbons (Fsp3) is 0.350. The molecule has 1 saturated heterocycles. The summed E-state index contributed by atoms with van der Waals surface area (Å²) in [5.74, 6) is 1.88. The molecule has 130 valence electrons. The Balaban J connectivity index is 1.58. The van der Waals surface area contributed by atoms with E-state index < -0.39 is 0 Å². The Morgan fingerprint density at radius 2 is 2.08 bits per heavy atom. The van der Waals surface area contributed by atoms with E-state index in [1.807, 2.05) is 19.2 Å². The van der Waals surface area contributed by atoms with E-state index in [4.69, 9.17) is 9.47 Å². The number of hydrogen-bond donors (Lipinski definition) is 1. The van der Waals surface area contributed by atoms with E-state index in [1.54, 1.807) is 7.11 Å². The van der Waals surface area contributed by atoms with Gasteiger partial charge in [0.05, 0.1) is 26.4 Å². The van der Waals surface area contributed by atoms with E-state index in [1.165, 1.54) is 16.3 Å². The van der Waals surface area contributed by atoms with Gasteiger partial charge in [-0.25, -0.2) is 4.98 Å². The van der Waals surface area contributed by atoms with Crippen LogP contribution in [0.5, 0.6) is 5.75 Å². The van der Waals surface area contributed by atoms with E-state index in [9.17, 15) is 0 Å². The lowest BCUT2D eigenvalue weighted by Crippen LogP contribution is -2.39. The Labute approximate surface area is 147 Å². The molecule has 2 heterocycles. The second-order valence-corrected chi connectivity index (χ2v) is 6.56. The molecule has 1 atom stereocenters. The van der Waals surface area contributed by atoms with Crippen LogP contribution in [0.2, 0.25) is 0 Å².